The Morgan fingerprint density at radius 2 is 2.33 bits per heavy atom. The Morgan fingerprint density at radius 3 is 3.11 bits per heavy atom. The first kappa shape index (κ1) is 11.7. The van der Waals surface area contributed by atoms with Gasteiger partial charge in [-0.1, -0.05) is 6.42 Å². The maximum Gasteiger partial charge on any atom is 0.226 e. The zero-order chi connectivity index (χ0) is 12.5. The van der Waals surface area contributed by atoms with Gasteiger partial charge in [0, 0.05) is 12.5 Å². The monoisotopic (exact) mass is 267 g/mol. The molecule has 96 valence electrons. The third kappa shape index (κ3) is 2.13. The number of aromatic amines is 1. The molecule has 2 atom stereocenters. The summed E-state index contributed by atoms with van der Waals surface area (Å²) in [6, 6.07) is 0. The lowest BCUT2D eigenvalue weighted by Crippen LogP contribution is -2.22. The minimum absolute atomic E-state index is 0.182. The highest BCUT2D eigenvalue weighted by atomic mass is 35.5. The second kappa shape index (κ2) is 4.70. The highest BCUT2D eigenvalue weighted by Crippen LogP contribution is 2.27. The molecule has 1 aliphatic carbocycles. The number of aliphatic hydroxyl groups excluding tert-OH is 1. The number of hydrogen-bond donors (Lipinski definition) is 3. The van der Waals surface area contributed by atoms with E-state index < -0.39 is 0 Å². The number of H-pyrrole nitrogens is 1. The first-order valence-corrected chi connectivity index (χ1v) is 6.40. The molecule has 0 amide bonds. The summed E-state index contributed by atoms with van der Waals surface area (Å²) in [5.74, 6) is 0.943. The molecular weight excluding hydrogens is 254 g/mol. The summed E-state index contributed by atoms with van der Waals surface area (Å²) in [6.45, 7) is 0.689. The quantitative estimate of drug-likeness (QED) is 0.735. The van der Waals surface area contributed by atoms with E-state index >= 15 is 0 Å². The van der Waals surface area contributed by atoms with Gasteiger partial charge in [-0.15, -0.1) is 0 Å². The summed E-state index contributed by atoms with van der Waals surface area (Å²) in [6.07, 6.45) is 4.47. The number of aromatic nitrogens is 4. The maximum atomic E-state index is 9.78. The molecule has 0 aromatic carbocycles. The molecule has 18 heavy (non-hydrogen) atoms. The first-order chi connectivity index (χ1) is 8.74. The molecule has 0 radical (unpaired) electrons. The molecule has 6 nitrogen and oxygen atoms in total. The number of aliphatic hydroxyl groups is 1. The van der Waals surface area contributed by atoms with E-state index in [-0.39, 0.29) is 17.3 Å². The van der Waals surface area contributed by atoms with Crippen molar-refractivity contribution in [2.45, 2.75) is 25.4 Å². The normalized spacial score (nSPS) is 23.7. The smallest absolute Gasteiger partial charge is 0.226 e. The van der Waals surface area contributed by atoms with Gasteiger partial charge in [-0.2, -0.15) is 15.1 Å². The zero-order valence-corrected chi connectivity index (χ0v) is 10.5. The summed E-state index contributed by atoms with van der Waals surface area (Å²) < 4.78 is 0. The molecule has 0 aliphatic heterocycles. The van der Waals surface area contributed by atoms with Crippen LogP contribution in [0.2, 0.25) is 5.28 Å². The molecule has 1 saturated carbocycles. The van der Waals surface area contributed by atoms with E-state index in [1.165, 1.54) is 0 Å². The molecule has 2 heterocycles. The van der Waals surface area contributed by atoms with Gasteiger partial charge < -0.3 is 10.4 Å². The van der Waals surface area contributed by atoms with Gasteiger partial charge in [0.25, 0.3) is 0 Å². The van der Waals surface area contributed by atoms with Crippen molar-refractivity contribution in [3.8, 4) is 0 Å². The van der Waals surface area contributed by atoms with Crippen molar-refractivity contribution in [1.82, 2.24) is 20.2 Å². The number of anilines is 1. The Balaban J connectivity index is 1.79. The number of nitrogens with zero attached hydrogens (tertiary/aromatic N) is 3. The molecule has 0 saturated heterocycles. The van der Waals surface area contributed by atoms with Crippen LogP contribution in [0, 0.1) is 5.92 Å². The van der Waals surface area contributed by atoms with Crippen molar-refractivity contribution in [1.29, 1.82) is 0 Å². The topological polar surface area (TPSA) is 86.7 Å². The second-order valence-electron chi connectivity index (χ2n) is 4.61. The average Bonchev–Trinajstić information content (AvgIpc) is 2.94. The fourth-order valence-corrected chi connectivity index (χ4v) is 2.59. The molecular formula is C11H14ClN5O. The van der Waals surface area contributed by atoms with Crippen LogP contribution in [0.4, 0.5) is 5.82 Å². The highest BCUT2D eigenvalue weighted by Gasteiger charge is 2.25. The Kier molecular flexibility index (Phi) is 3.05. The molecule has 1 fully saturated rings. The van der Waals surface area contributed by atoms with E-state index in [1.807, 2.05) is 0 Å². The van der Waals surface area contributed by atoms with Gasteiger partial charge in [-0.25, -0.2) is 0 Å². The SMILES string of the molecule is OC1CCCC1CNc1nc(Cl)nc2[nH]ncc12. The third-order valence-corrected chi connectivity index (χ3v) is 3.60. The van der Waals surface area contributed by atoms with Crippen LogP contribution < -0.4 is 5.32 Å². The molecule has 0 spiro atoms. The van der Waals surface area contributed by atoms with Gasteiger partial charge in [0.05, 0.1) is 17.7 Å². The largest absolute Gasteiger partial charge is 0.393 e. The lowest BCUT2D eigenvalue weighted by atomic mass is 10.1. The average molecular weight is 268 g/mol. The Labute approximate surface area is 109 Å². The highest BCUT2D eigenvalue weighted by molar-refractivity contribution is 6.28. The lowest BCUT2D eigenvalue weighted by Gasteiger charge is -2.15. The number of fused-ring (bicyclic) bond motifs is 1. The van der Waals surface area contributed by atoms with Crippen molar-refractivity contribution in [3.05, 3.63) is 11.5 Å². The maximum absolute atomic E-state index is 9.78. The summed E-state index contributed by atoms with van der Waals surface area (Å²) in [7, 11) is 0. The molecule has 2 unspecified atom stereocenters. The van der Waals surface area contributed by atoms with Gasteiger partial charge in [-0.05, 0) is 24.4 Å². The molecule has 2 aromatic heterocycles. The van der Waals surface area contributed by atoms with E-state index in [0.29, 0.717) is 18.0 Å². The predicted octanol–water partition coefficient (Wildman–Crippen LogP) is 1.58. The van der Waals surface area contributed by atoms with Crippen molar-refractivity contribution >= 4 is 28.5 Å². The van der Waals surface area contributed by atoms with E-state index in [9.17, 15) is 5.11 Å². The minimum atomic E-state index is -0.213. The number of hydrogen-bond acceptors (Lipinski definition) is 5. The van der Waals surface area contributed by atoms with Crippen LogP contribution in [0.1, 0.15) is 19.3 Å². The Bertz CT molecular complexity index is 557. The lowest BCUT2D eigenvalue weighted by molar-refractivity contribution is 0.138. The van der Waals surface area contributed by atoms with Crippen molar-refractivity contribution in [2.75, 3.05) is 11.9 Å². The fourth-order valence-electron chi connectivity index (χ4n) is 2.43. The first-order valence-electron chi connectivity index (χ1n) is 6.02. The van der Waals surface area contributed by atoms with E-state index in [2.05, 4.69) is 25.5 Å². The van der Waals surface area contributed by atoms with E-state index in [1.54, 1.807) is 6.20 Å². The van der Waals surface area contributed by atoms with Crippen LogP contribution >= 0.6 is 11.6 Å². The number of halogens is 1. The minimum Gasteiger partial charge on any atom is -0.393 e. The van der Waals surface area contributed by atoms with Crippen molar-refractivity contribution in [2.24, 2.45) is 5.92 Å². The van der Waals surface area contributed by atoms with Crippen LogP contribution in [0.25, 0.3) is 11.0 Å². The van der Waals surface area contributed by atoms with Crippen LogP contribution in [-0.4, -0.2) is 37.9 Å². The molecule has 0 bridgehead atoms. The van der Waals surface area contributed by atoms with Crippen molar-refractivity contribution in [3.63, 3.8) is 0 Å². The zero-order valence-electron chi connectivity index (χ0n) is 9.73. The predicted molar refractivity (Wildman–Crippen MR) is 68.5 cm³/mol. The van der Waals surface area contributed by atoms with Gasteiger partial charge in [0.1, 0.15) is 5.82 Å². The summed E-state index contributed by atoms with van der Waals surface area (Å²) in [4.78, 5) is 8.20. The molecule has 2 aromatic rings. The Hall–Kier alpha value is -1.40. The molecule has 1 aliphatic rings. The summed E-state index contributed by atoms with van der Waals surface area (Å²) >= 11 is 5.85. The van der Waals surface area contributed by atoms with Crippen LogP contribution in [-0.2, 0) is 0 Å². The molecule has 3 N–H and O–H groups in total. The third-order valence-electron chi connectivity index (χ3n) is 3.43. The van der Waals surface area contributed by atoms with Gasteiger partial charge in [-0.3, -0.25) is 5.10 Å². The van der Waals surface area contributed by atoms with Crippen LogP contribution in [0.15, 0.2) is 6.20 Å². The van der Waals surface area contributed by atoms with Crippen molar-refractivity contribution < 1.29 is 5.11 Å². The number of nitrogens with one attached hydrogen (secondary N) is 2. The van der Waals surface area contributed by atoms with Crippen LogP contribution in [0.3, 0.4) is 0 Å². The van der Waals surface area contributed by atoms with Gasteiger partial charge in [0.15, 0.2) is 5.65 Å². The summed E-state index contributed by atoms with van der Waals surface area (Å²) in [5, 5.41) is 20.7. The molecule has 3 rings (SSSR count). The fraction of sp³-hybridized carbons (Fsp3) is 0.545. The number of rotatable bonds is 3. The van der Waals surface area contributed by atoms with Gasteiger partial charge in [0.2, 0.25) is 5.28 Å². The van der Waals surface area contributed by atoms with E-state index in [4.69, 9.17) is 11.6 Å². The molecule has 7 heteroatoms. The van der Waals surface area contributed by atoms with Crippen LogP contribution in [0.5, 0.6) is 0 Å². The Morgan fingerprint density at radius 1 is 1.44 bits per heavy atom. The standard InChI is InChI=1S/C11H14ClN5O/c12-11-15-9(7-5-14-17-10(7)16-11)13-4-6-2-1-3-8(6)18/h5-6,8,18H,1-4H2,(H2,13,14,15,16,17). The summed E-state index contributed by atoms with van der Waals surface area (Å²) in [5.41, 5.74) is 0.615. The van der Waals surface area contributed by atoms with E-state index in [0.717, 1.165) is 24.6 Å². The van der Waals surface area contributed by atoms with Gasteiger partial charge >= 0.3 is 0 Å². The second-order valence-corrected chi connectivity index (χ2v) is 4.95.